The van der Waals surface area contributed by atoms with Gasteiger partial charge in [-0.3, -0.25) is 0 Å². The first-order valence-electron chi connectivity index (χ1n) is 5.75. The van der Waals surface area contributed by atoms with E-state index in [2.05, 4.69) is 4.98 Å². The summed E-state index contributed by atoms with van der Waals surface area (Å²) in [6.07, 6.45) is 1.67. The maximum Gasteiger partial charge on any atom is 0.132 e. The highest BCUT2D eigenvalue weighted by Crippen LogP contribution is 2.32. The van der Waals surface area contributed by atoms with Crippen LogP contribution in [0.5, 0.6) is 0 Å². The summed E-state index contributed by atoms with van der Waals surface area (Å²) in [5, 5.41) is 2.25. The van der Waals surface area contributed by atoms with E-state index in [1.165, 1.54) is 6.07 Å². The predicted octanol–water partition coefficient (Wildman–Crippen LogP) is 4.28. The molecule has 3 aromatic rings. The number of benzene rings is 2. The molecule has 1 aromatic heterocycles. The summed E-state index contributed by atoms with van der Waals surface area (Å²) in [6.45, 7) is 0. The molecular formula is C15H10ClFN2. The molecule has 0 unspecified atom stereocenters. The summed E-state index contributed by atoms with van der Waals surface area (Å²) in [5.41, 5.74) is 6.76. The largest absolute Gasteiger partial charge is 0.384 e. The highest BCUT2D eigenvalue weighted by molar-refractivity contribution is 6.33. The van der Waals surface area contributed by atoms with E-state index < -0.39 is 0 Å². The van der Waals surface area contributed by atoms with E-state index in [0.29, 0.717) is 16.4 Å². The van der Waals surface area contributed by atoms with Gasteiger partial charge in [-0.05, 0) is 35.2 Å². The molecule has 0 saturated heterocycles. The fourth-order valence-electron chi connectivity index (χ4n) is 2.09. The average molecular weight is 273 g/mol. The van der Waals surface area contributed by atoms with Crippen LogP contribution in [0.2, 0.25) is 5.02 Å². The van der Waals surface area contributed by atoms with Gasteiger partial charge in [-0.25, -0.2) is 9.37 Å². The molecule has 2 nitrogen and oxygen atoms in total. The number of hydrogen-bond acceptors (Lipinski definition) is 2. The van der Waals surface area contributed by atoms with Crippen molar-refractivity contribution in [3.05, 3.63) is 59.5 Å². The monoisotopic (exact) mass is 272 g/mol. The van der Waals surface area contributed by atoms with Gasteiger partial charge >= 0.3 is 0 Å². The minimum absolute atomic E-state index is 0.338. The summed E-state index contributed by atoms with van der Waals surface area (Å²) in [4.78, 5) is 4.04. The van der Waals surface area contributed by atoms with Crippen LogP contribution in [-0.4, -0.2) is 4.98 Å². The van der Waals surface area contributed by atoms with Gasteiger partial charge in [0.25, 0.3) is 0 Å². The molecule has 0 amide bonds. The molecule has 0 fully saturated rings. The van der Waals surface area contributed by atoms with Crippen molar-refractivity contribution in [1.29, 1.82) is 0 Å². The number of pyridine rings is 1. The fourth-order valence-corrected chi connectivity index (χ4v) is 2.36. The first-order chi connectivity index (χ1) is 9.15. The number of rotatable bonds is 1. The van der Waals surface area contributed by atoms with Gasteiger partial charge in [0, 0.05) is 17.1 Å². The topological polar surface area (TPSA) is 38.9 Å². The molecule has 0 atom stereocenters. The van der Waals surface area contributed by atoms with Crippen molar-refractivity contribution in [1.82, 2.24) is 4.98 Å². The molecule has 0 bridgehead atoms. The van der Waals surface area contributed by atoms with E-state index in [0.717, 1.165) is 16.3 Å². The third kappa shape index (κ3) is 2.13. The van der Waals surface area contributed by atoms with Crippen molar-refractivity contribution in [2.75, 3.05) is 5.73 Å². The van der Waals surface area contributed by atoms with Crippen LogP contribution in [0.3, 0.4) is 0 Å². The highest BCUT2D eigenvalue weighted by Gasteiger charge is 2.10. The van der Waals surface area contributed by atoms with Crippen LogP contribution < -0.4 is 5.73 Å². The normalized spacial score (nSPS) is 10.8. The zero-order valence-corrected chi connectivity index (χ0v) is 10.7. The number of nitrogens with two attached hydrogens (primary N) is 1. The molecule has 0 radical (unpaired) electrons. The van der Waals surface area contributed by atoms with Crippen LogP contribution in [0, 0.1) is 5.82 Å². The molecular weight excluding hydrogens is 263 g/mol. The Morgan fingerprint density at radius 1 is 1.05 bits per heavy atom. The Hall–Kier alpha value is -2.13. The number of halogens is 2. The summed E-state index contributed by atoms with van der Waals surface area (Å²) in [6, 6.07) is 12.0. The van der Waals surface area contributed by atoms with Crippen molar-refractivity contribution < 1.29 is 4.39 Å². The summed E-state index contributed by atoms with van der Waals surface area (Å²) >= 11 is 6.06. The van der Waals surface area contributed by atoms with Crippen LogP contribution in [-0.2, 0) is 0 Å². The quantitative estimate of drug-likeness (QED) is 0.718. The molecule has 19 heavy (non-hydrogen) atoms. The second-order valence-corrected chi connectivity index (χ2v) is 4.67. The van der Waals surface area contributed by atoms with Gasteiger partial charge in [0.1, 0.15) is 11.6 Å². The van der Waals surface area contributed by atoms with Crippen molar-refractivity contribution in [2.45, 2.75) is 0 Å². The van der Waals surface area contributed by atoms with Gasteiger partial charge < -0.3 is 5.73 Å². The zero-order valence-electron chi connectivity index (χ0n) is 9.90. The smallest absolute Gasteiger partial charge is 0.132 e. The minimum atomic E-state index is -0.338. The lowest BCUT2D eigenvalue weighted by molar-refractivity contribution is 0.631. The second kappa shape index (κ2) is 4.52. The molecule has 0 aliphatic carbocycles. The van der Waals surface area contributed by atoms with E-state index in [9.17, 15) is 4.39 Å². The molecule has 4 heteroatoms. The van der Waals surface area contributed by atoms with Crippen LogP contribution in [0.1, 0.15) is 0 Å². The Morgan fingerprint density at radius 3 is 2.68 bits per heavy atom. The zero-order chi connectivity index (χ0) is 13.4. The number of fused-ring (bicyclic) bond motifs is 1. The van der Waals surface area contributed by atoms with Gasteiger partial charge in [0.2, 0.25) is 0 Å². The molecule has 3 rings (SSSR count). The van der Waals surface area contributed by atoms with Crippen molar-refractivity contribution in [3.63, 3.8) is 0 Å². The van der Waals surface area contributed by atoms with E-state index in [1.807, 2.05) is 18.2 Å². The van der Waals surface area contributed by atoms with Crippen molar-refractivity contribution in [2.24, 2.45) is 0 Å². The third-order valence-electron chi connectivity index (χ3n) is 2.99. The van der Waals surface area contributed by atoms with Crippen molar-refractivity contribution in [3.8, 4) is 11.1 Å². The molecule has 2 N–H and O–H groups in total. The minimum Gasteiger partial charge on any atom is -0.384 e. The number of anilines is 1. The van der Waals surface area contributed by atoms with Gasteiger partial charge in [0.05, 0.1) is 5.02 Å². The first kappa shape index (κ1) is 11.9. The summed E-state index contributed by atoms with van der Waals surface area (Å²) < 4.78 is 13.9. The van der Waals surface area contributed by atoms with E-state index in [-0.39, 0.29) is 5.82 Å². The van der Waals surface area contributed by atoms with Crippen LogP contribution in [0.25, 0.3) is 21.9 Å². The average Bonchev–Trinajstić information content (AvgIpc) is 2.38. The Balaban J connectivity index is 2.24. The van der Waals surface area contributed by atoms with Gasteiger partial charge in [-0.1, -0.05) is 29.8 Å². The molecule has 1 heterocycles. The Labute approximate surface area is 114 Å². The molecule has 94 valence electrons. The summed E-state index contributed by atoms with van der Waals surface area (Å²) in [5.74, 6) is 0.124. The third-order valence-corrected chi connectivity index (χ3v) is 3.31. The Morgan fingerprint density at radius 2 is 1.89 bits per heavy atom. The number of aromatic nitrogens is 1. The van der Waals surface area contributed by atoms with Crippen molar-refractivity contribution >= 4 is 28.2 Å². The van der Waals surface area contributed by atoms with Gasteiger partial charge in [0.15, 0.2) is 0 Å². The number of hydrogen-bond donors (Lipinski definition) is 1. The molecule has 0 aliphatic heterocycles. The maximum absolute atomic E-state index is 13.9. The van der Waals surface area contributed by atoms with Gasteiger partial charge in [-0.2, -0.15) is 0 Å². The number of nitrogens with zero attached hydrogens (tertiary/aromatic N) is 1. The SMILES string of the molecule is Nc1cc2ccc(-c3c(F)cccc3Cl)cc2cn1. The van der Waals surface area contributed by atoms with E-state index >= 15 is 0 Å². The van der Waals surface area contributed by atoms with E-state index in [4.69, 9.17) is 17.3 Å². The Kier molecular flexibility index (Phi) is 2.84. The second-order valence-electron chi connectivity index (χ2n) is 4.27. The molecule has 0 saturated carbocycles. The molecule has 2 aromatic carbocycles. The lowest BCUT2D eigenvalue weighted by atomic mass is 10.0. The fraction of sp³-hybridized carbons (Fsp3) is 0. The molecule has 0 aliphatic rings. The lowest BCUT2D eigenvalue weighted by Gasteiger charge is -2.07. The van der Waals surface area contributed by atoms with Crippen LogP contribution in [0.15, 0.2) is 48.7 Å². The van der Waals surface area contributed by atoms with Crippen LogP contribution in [0.4, 0.5) is 10.2 Å². The summed E-state index contributed by atoms with van der Waals surface area (Å²) in [7, 11) is 0. The van der Waals surface area contributed by atoms with E-state index in [1.54, 1.807) is 24.4 Å². The number of nitrogen functional groups attached to an aromatic ring is 1. The van der Waals surface area contributed by atoms with Crippen LogP contribution >= 0.6 is 11.6 Å². The predicted molar refractivity (Wildman–Crippen MR) is 76.6 cm³/mol. The maximum atomic E-state index is 13.9. The molecule has 0 spiro atoms. The standard InChI is InChI=1S/C15H10ClFN2/c16-12-2-1-3-13(17)15(12)10-5-4-9-7-14(18)19-8-11(9)6-10/h1-8H,(H2,18,19). The highest BCUT2D eigenvalue weighted by atomic mass is 35.5. The first-order valence-corrected chi connectivity index (χ1v) is 6.12. The van der Waals surface area contributed by atoms with Gasteiger partial charge in [-0.15, -0.1) is 0 Å². The Bertz CT molecular complexity index is 751. The lowest BCUT2D eigenvalue weighted by Crippen LogP contribution is -1.90.